The Bertz CT molecular complexity index is 371. The number of nitrogens with one attached hydrogen (secondary N) is 1. The minimum atomic E-state index is -0.839. The SMILES string of the molecule is CC[C@H](C)[C@H](Nc1cncc(Br)c1)C(=O)O. The van der Waals surface area contributed by atoms with Crippen LogP contribution in [0.25, 0.3) is 0 Å². The van der Waals surface area contributed by atoms with Gasteiger partial charge >= 0.3 is 5.97 Å². The van der Waals surface area contributed by atoms with Crippen molar-refractivity contribution in [1.82, 2.24) is 4.98 Å². The van der Waals surface area contributed by atoms with E-state index in [-0.39, 0.29) is 5.92 Å². The number of aromatic nitrogens is 1. The van der Waals surface area contributed by atoms with E-state index >= 15 is 0 Å². The number of nitrogens with zero attached hydrogens (tertiary/aromatic N) is 1. The van der Waals surface area contributed by atoms with Gasteiger partial charge in [-0.25, -0.2) is 4.79 Å². The molecule has 0 spiro atoms. The number of anilines is 1. The Balaban J connectivity index is 2.79. The number of carboxylic acid groups (broad SMARTS) is 1. The largest absolute Gasteiger partial charge is 0.480 e. The average Bonchev–Trinajstić information content (AvgIpc) is 2.24. The maximum absolute atomic E-state index is 11.1. The van der Waals surface area contributed by atoms with Crippen molar-refractivity contribution in [1.29, 1.82) is 0 Å². The molecule has 0 saturated carbocycles. The Morgan fingerprint density at radius 2 is 2.31 bits per heavy atom. The first-order valence-corrected chi connectivity index (χ1v) is 5.93. The van der Waals surface area contributed by atoms with Gasteiger partial charge in [0, 0.05) is 10.7 Å². The summed E-state index contributed by atoms with van der Waals surface area (Å²) in [5.41, 5.74) is 0.710. The Morgan fingerprint density at radius 1 is 1.62 bits per heavy atom. The smallest absolute Gasteiger partial charge is 0.326 e. The topological polar surface area (TPSA) is 62.2 Å². The highest BCUT2D eigenvalue weighted by molar-refractivity contribution is 9.10. The van der Waals surface area contributed by atoms with Crippen LogP contribution in [0.5, 0.6) is 0 Å². The molecule has 0 aliphatic heterocycles. The van der Waals surface area contributed by atoms with Gasteiger partial charge in [-0.15, -0.1) is 0 Å². The highest BCUT2D eigenvalue weighted by Gasteiger charge is 2.23. The predicted octanol–water partition coefficient (Wildman–Crippen LogP) is 2.76. The monoisotopic (exact) mass is 286 g/mol. The van der Waals surface area contributed by atoms with Crippen LogP contribution >= 0.6 is 15.9 Å². The highest BCUT2D eigenvalue weighted by atomic mass is 79.9. The van der Waals surface area contributed by atoms with Crippen molar-refractivity contribution >= 4 is 27.6 Å². The van der Waals surface area contributed by atoms with Crippen LogP contribution in [-0.2, 0) is 4.79 Å². The van der Waals surface area contributed by atoms with E-state index < -0.39 is 12.0 Å². The van der Waals surface area contributed by atoms with Crippen LogP contribution in [0, 0.1) is 5.92 Å². The molecule has 0 radical (unpaired) electrons. The minimum absolute atomic E-state index is 0.0662. The third-order valence-corrected chi connectivity index (χ3v) is 2.94. The molecule has 16 heavy (non-hydrogen) atoms. The molecule has 0 amide bonds. The Labute approximate surface area is 103 Å². The van der Waals surface area contributed by atoms with Gasteiger partial charge in [-0.1, -0.05) is 20.3 Å². The van der Waals surface area contributed by atoms with Gasteiger partial charge in [-0.2, -0.15) is 0 Å². The molecule has 1 heterocycles. The second kappa shape index (κ2) is 5.84. The first-order valence-electron chi connectivity index (χ1n) is 5.14. The van der Waals surface area contributed by atoms with Gasteiger partial charge < -0.3 is 10.4 Å². The summed E-state index contributed by atoms with van der Waals surface area (Å²) in [6, 6.07) is 1.23. The third kappa shape index (κ3) is 3.48. The van der Waals surface area contributed by atoms with Crippen molar-refractivity contribution in [3.63, 3.8) is 0 Å². The van der Waals surface area contributed by atoms with Crippen molar-refractivity contribution in [2.45, 2.75) is 26.3 Å². The van der Waals surface area contributed by atoms with E-state index in [1.165, 1.54) is 0 Å². The van der Waals surface area contributed by atoms with Crippen molar-refractivity contribution in [2.75, 3.05) is 5.32 Å². The summed E-state index contributed by atoms with van der Waals surface area (Å²) >= 11 is 3.29. The normalized spacial score (nSPS) is 14.2. The predicted molar refractivity (Wildman–Crippen MR) is 66.4 cm³/mol. The van der Waals surface area contributed by atoms with Gasteiger partial charge in [0.2, 0.25) is 0 Å². The first-order chi connectivity index (χ1) is 7.54. The summed E-state index contributed by atoms with van der Waals surface area (Å²) in [5.74, 6) is -0.772. The van der Waals surface area contributed by atoms with Crippen molar-refractivity contribution < 1.29 is 9.90 Å². The van der Waals surface area contributed by atoms with Crippen LogP contribution in [-0.4, -0.2) is 22.1 Å². The number of hydrogen-bond donors (Lipinski definition) is 2. The lowest BCUT2D eigenvalue weighted by Gasteiger charge is -2.21. The summed E-state index contributed by atoms with van der Waals surface area (Å²) in [7, 11) is 0. The molecule has 1 aromatic rings. The Morgan fingerprint density at radius 3 is 2.81 bits per heavy atom. The van der Waals surface area contributed by atoms with Gasteiger partial charge in [0.1, 0.15) is 6.04 Å². The van der Waals surface area contributed by atoms with Crippen LogP contribution in [0.1, 0.15) is 20.3 Å². The molecule has 1 aromatic heterocycles. The molecule has 0 aromatic carbocycles. The van der Waals surface area contributed by atoms with Crippen LogP contribution in [0.15, 0.2) is 22.9 Å². The number of pyridine rings is 1. The molecule has 88 valence electrons. The summed E-state index contributed by atoms with van der Waals surface area (Å²) in [4.78, 5) is 15.1. The third-order valence-electron chi connectivity index (χ3n) is 2.51. The van der Waals surface area contributed by atoms with Gasteiger partial charge in [0.15, 0.2) is 0 Å². The van der Waals surface area contributed by atoms with Crippen molar-refractivity contribution in [2.24, 2.45) is 5.92 Å². The van der Waals surface area contributed by atoms with Crippen molar-refractivity contribution in [3.8, 4) is 0 Å². The number of hydrogen-bond acceptors (Lipinski definition) is 3. The van der Waals surface area contributed by atoms with Crippen LogP contribution in [0.2, 0.25) is 0 Å². The molecule has 0 aliphatic carbocycles. The molecule has 0 aliphatic rings. The van der Waals surface area contributed by atoms with E-state index in [9.17, 15) is 4.79 Å². The minimum Gasteiger partial charge on any atom is -0.480 e. The van der Waals surface area contributed by atoms with E-state index in [4.69, 9.17) is 5.11 Å². The molecule has 0 saturated heterocycles. The van der Waals surface area contributed by atoms with E-state index in [1.807, 2.05) is 19.9 Å². The number of rotatable bonds is 5. The quantitative estimate of drug-likeness (QED) is 0.874. The lowest BCUT2D eigenvalue weighted by atomic mass is 9.99. The molecular formula is C11H15BrN2O2. The van der Waals surface area contributed by atoms with E-state index in [1.54, 1.807) is 12.4 Å². The van der Waals surface area contributed by atoms with E-state index in [0.29, 0.717) is 5.69 Å². The molecule has 1 rings (SSSR count). The second-order valence-electron chi connectivity index (χ2n) is 3.74. The number of halogens is 1. The Kier molecular flexibility index (Phi) is 4.73. The van der Waals surface area contributed by atoms with Crippen molar-refractivity contribution in [3.05, 3.63) is 22.9 Å². The molecule has 4 nitrogen and oxygen atoms in total. The Hall–Kier alpha value is -1.10. The van der Waals surface area contributed by atoms with Crippen LogP contribution in [0.4, 0.5) is 5.69 Å². The van der Waals surface area contributed by atoms with Crippen LogP contribution in [0.3, 0.4) is 0 Å². The van der Waals surface area contributed by atoms with Gasteiger partial charge in [0.25, 0.3) is 0 Å². The molecule has 2 N–H and O–H groups in total. The fourth-order valence-electron chi connectivity index (χ4n) is 1.35. The maximum Gasteiger partial charge on any atom is 0.326 e. The van der Waals surface area contributed by atoms with Gasteiger partial charge in [-0.05, 0) is 27.9 Å². The van der Waals surface area contributed by atoms with Crippen LogP contribution < -0.4 is 5.32 Å². The lowest BCUT2D eigenvalue weighted by Crippen LogP contribution is -2.35. The number of aliphatic carboxylic acids is 1. The molecular weight excluding hydrogens is 272 g/mol. The molecule has 0 unspecified atom stereocenters. The standard InChI is InChI=1S/C11H15BrN2O2/c1-3-7(2)10(11(15)16)14-9-4-8(12)5-13-6-9/h4-7,10,14H,3H2,1-2H3,(H,15,16)/t7-,10-/m0/s1. The fraction of sp³-hybridized carbons (Fsp3) is 0.455. The maximum atomic E-state index is 11.1. The summed E-state index contributed by atoms with van der Waals surface area (Å²) in [5, 5.41) is 12.1. The number of carbonyl (C=O) groups is 1. The average molecular weight is 287 g/mol. The lowest BCUT2D eigenvalue weighted by molar-refractivity contribution is -0.139. The summed E-state index contributed by atoms with van der Waals surface area (Å²) < 4.78 is 0.825. The zero-order valence-electron chi connectivity index (χ0n) is 9.27. The zero-order valence-corrected chi connectivity index (χ0v) is 10.9. The summed E-state index contributed by atoms with van der Waals surface area (Å²) in [6.45, 7) is 3.89. The van der Waals surface area contributed by atoms with Gasteiger partial charge in [-0.3, -0.25) is 4.98 Å². The van der Waals surface area contributed by atoms with E-state index in [2.05, 4.69) is 26.2 Å². The van der Waals surface area contributed by atoms with E-state index in [0.717, 1.165) is 10.9 Å². The molecule has 5 heteroatoms. The molecule has 0 bridgehead atoms. The second-order valence-corrected chi connectivity index (χ2v) is 4.65. The first kappa shape index (κ1) is 13.0. The van der Waals surface area contributed by atoms with Gasteiger partial charge in [0.05, 0.1) is 11.9 Å². The highest BCUT2D eigenvalue weighted by Crippen LogP contribution is 2.18. The fourth-order valence-corrected chi connectivity index (χ4v) is 1.72. The zero-order chi connectivity index (χ0) is 12.1. The molecule has 2 atom stereocenters. The number of carboxylic acids is 1. The molecule has 0 fully saturated rings. The summed E-state index contributed by atoms with van der Waals surface area (Å²) in [6.07, 6.45) is 4.08.